The van der Waals surface area contributed by atoms with Gasteiger partial charge in [0.1, 0.15) is 11.4 Å². The predicted molar refractivity (Wildman–Crippen MR) is 78.6 cm³/mol. The summed E-state index contributed by atoms with van der Waals surface area (Å²) in [4.78, 5) is 17.3. The quantitative estimate of drug-likeness (QED) is 0.802. The van der Waals surface area contributed by atoms with Crippen molar-refractivity contribution in [1.82, 2.24) is 9.38 Å². The molecule has 0 saturated carbocycles. The molecule has 0 unspecified atom stereocenters. The van der Waals surface area contributed by atoms with Crippen LogP contribution in [-0.4, -0.2) is 21.9 Å². The Labute approximate surface area is 119 Å². The number of anilines is 1. The number of nitrogens with zero attached hydrogens (tertiary/aromatic N) is 2. The summed E-state index contributed by atoms with van der Waals surface area (Å²) in [5, 5.41) is 4.67. The van der Waals surface area contributed by atoms with E-state index in [9.17, 15) is 4.79 Å². The molecule has 1 aromatic carbocycles. The van der Waals surface area contributed by atoms with Crippen LogP contribution in [0.2, 0.25) is 0 Å². The number of nitrogens with one attached hydrogen (secondary N) is 1. The van der Waals surface area contributed by atoms with Crippen molar-refractivity contribution >= 4 is 27.9 Å². The Morgan fingerprint density at radius 1 is 1.45 bits per heavy atom. The highest BCUT2D eigenvalue weighted by atomic mass is 32.1. The number of thiazole rings is 1. The third-order valence-corrected chi connectivity index (χ3v) is 3.66. The van der Waals surface area contributed by atoms with Crippen molar-refractivity contribution in [3.05, 3.63) is 47.7 Å². The van der Waals surface area contributed by atoms with Crippen LogP contribution in [0.25, 0.3) is 4.96 Å². The van der Waals surface area contributed by atoms with Crippen LogP contribution in [0, 0.1) is 0 Å². The minimum Gasteiger partial charge on any atom is -0.492 e. The van der Waals surface area contributed by atoms with E-state index in [1.165, 1.54) is 11.3 Å². The Hall–Kier alpha value is -2.34. The maximum absolute atomic E-state index is 12.3. The number of rotatable bonds is 4. The van der Waals surface area contributed by atoms with E-state index >= 15 is 0 Å². The first-order valence-electron chi connectivity index (χ1n) is 6.23. The van der Waals surface area contributed by atoms with E-state index in [1.54, 1.807) is 22.2 Å². The van der Waals surface area contributed by atoms with Crippen LogP contribution in [0.4, 0.5) is 5.69 Å². The van der Waals surface area contributed by atoms with Gasteiger partial charge in [-0.25, -0.2) is 4.98 Å². The number of amides is 1. The zero-order valence-electron chi connectivity index (χ0n) is 10.9. The third-order valence-electron chi connectivity index (χ3n) is 2.81. The molecule has 0 atom stereocenters. The molecule has 0 spiro atoms. The Kier molecular flexibility index (Phi) is 3.39. The number of aromatic nitrogens is 2. The molecule has 3 rings (SSSR count). The van der Waals surface area contributed by atoms with Crippen molar-refractivity contribution in [2.24, 2.45) is 0 Å². The van der Waals surface area contributed by atoms with E-state index in [0.29, 0.717) is 23.7 Å². The largest absolute Gasteiger partial charge is 0.492 e. The average molecular weight is 287 g/mol. The monoisotopic (exact) mass is 287 g/mol. The Bertz CT molecular complexity index is 748. The number of fused-ring (bicyclic) bond motifs is 1. The molecular formula is C14H13N3O2S. The molecule has 102 valence electrons. The number of ether oxygens (including phenoxy) is 1. The molecular weight excluding hydrogens is 274 g/mol. The van der Waals surface area contributed by atoms with Crippen LogP contribution in [0.1, 0.15) is 17.4 Å². The van der Waals surface area contributed by atoms with Crippen molar-refractivity contribution in [1.29, 1.82) is 0 Å². The normalized spacial score (nSPS) is 10.7. The number of para-hydroxylation sites is 2. The molecule has 0 aliphatic heterocycles. The van der Waals surface area contributed by atoms with E-state index in [2.05, 4.69) is 10.3 Å². The summed E-state index contributed by atoms with van der Waals surface area (Å²) in [7, 11) is 0. The minimum atomic E-state index is -0.179. The summed E-state index contributed by atoms with van der Waals surface area (Å²) in [6.45, 7) is 2.46. The summed E-state index contributed by atoms with van der Waals surface area (Å²) < 4.78 is 7.26. The molecule has 0 fully saturated rings. The number of hydrogen-bond acceptors (Lipinski definition) is 4. The molecule has 0 saturated heterocycles. The maximum Gasteiger partial charge on any atom is 0.273 e. The first kappa shape index (κ1) is 12.7. The predicted octanol–water partition coefficient (Wildman–Crippen LogP) is 3.05. The number of benzene rings is 1. The Morgan fingerprint density at radius 2 is 2.30 bits per heavy atom. The summed E-state index contributed by atoms with van der Waals surface area (Å²) in [6, 6.07) is 7.39. The van der Waals surface area contributed by atoms with E-state index < -0.39 is 0 Å². The molecule has 20 heavy (non-hydrogen) atoms. The van der Waals surface area contributed by atoms with Gasteiger partial charge < -0.3 is 10.1 Å². The minimum absolute atomic E-state index is 0.179. The first-order chi connectivity index (χ1) is 9.79. The van der Waals surface area contributed by atoms with Crippen molar-refractivity contribution in [2.75, 3.05) is 11.9 Å². The van der Waals surface area contributed by atoms with Gasteiger partial charge in [-0.3, -0.25) is 9.20 Å². The molecule has 5 nitrogen and oxygen atoms in total. The van der Waals surface area contributed by atoms with Crippen molar-refractivity contribution in [3.8, 4) is 5.75 Å². The lowest BCUT2D eigenvalue weighted by Crippen LogP contribution is -2.14. The van der Waals surface area contributed by atoms with Gasteiger partial charge in [0.2, 0.25) is 0 Å². The molecule has 3 aromatic rings. The van der Waals surface area contributed by atoms with Crippen LogP contribution >= 0.6 is 11.3 Å². The third kappa shape index (κ3) is 2.25. The molecule has 6 heteroatoms. The second-order valence-corrected chi connectivity index (χ2v) is 4.92. The lowest BCUT2D eigenvalue weighted by Gasteiger charge is -2.10. The van der Waals surface area contributed by atoms with E-state index in [1.807, 2.05) is 31.2 Å². The lowest BCUT2D eigenvalue weighted by atomic mass is 10.3. The number of carbonyl (C=O) groups excluding carboxylic acids is 1. The smallest absolute Gasteiger partial charge is 0.273 e. The summed E-state index contributed by atoms with van der Waals surface area (Å²) in [5.74, 6) is 0.488. The highest BCUT2D eigenvalue weighted by Gasteiger charge is 2.14. The van der Waals surface area contributed by atoms with Gasteiger partial charge in [0, 0.05) is 17.8 Å². The summed E-state index contributed by atoms with van der Waals surface area (Å²) in [5.41, 5.74) is 1.23. The Morgan fingerprint density at radius 3 is 3.15 bits per heavy atom. The van der Waals surface area contributed by atoms with Crippen LogP contribution in [0.3, 0.4) is 0 Å². The lowest BCUT2D eigenvalue weighted by molar-refractivity contribution is 0.102. The SMILES string of the molecule is CCOc1ccccc1NC(=O)c1csc2nccn12. The van der Waals surface area contributed by atoms with Gasteiger partial charge in [0.25, 0.3) is 5.91 Å². The van der Waals surface area contributed by atoms with Gasteiger partial charge in [-0.2, -0.15) is 0 Å². The van der Waals surface area contributed by atoms with E-state index in [4.69, 9.17) is 4.74 Å². The van der Waals surface area contributed by atoms with Crippen LogP contribution < -0.4 is 10.1 Å². The topological polar surface area (TPSA) is 55.6 Å². The van der Waals surface area contributed by atoms with Gasteiger partial charge in [-0.15, -0.1) is 11.3 Å². The molecule has 1 N–H and O–H groups in total. The van der Waals surface area contributed by atoms with Crippen molar-refractivity contribution in [2.45, 2.75) is 6.92 Å². The molecule has 1 amide bonds. The zero-order chi connectivity index (χ0) is 13.9. The van der Waals surface area contributed by atoms with Gasteiger partial charge in [-0.1, -0.05) is 12.1 Å². The first-order valence-corrected chi connectivity index (χ1v) is 7.11. The molecule has 0 bridgehead atoms. The fourth-order valence-electron chi connectivity index (χ4n) is 1.93. The number of carbonyl (C=O) groups is 1. The molecule has 2 heterocycles. The van der Waals surface area contributed by atoms with Gasteiger partial charge in [0.15, 0.2) is 4.96 Å². The molecule has 0 radical (unpaired) electrons. The second-order valence-electron chi connectivity index (χ2n) is 4.08. The van der Waals surface area contributed by atoms with E-state index in [-0.39, 0.29) is 5.91 Å². The number of imidazole rings is 1. The maximum atomic E-state index is 12.3. The highest BCUT2D eigenvalue weighted by molar-refractivity contribution is 7.15. The van der Waals surface area contributed by atoms with Crippen LogP contribution in [0.5, 0.6) is 5.75 Å². The summed E-state index contributed by atoms with van der Waals surface area (Å²) in [6.07, 6.45) is 3.45. The summed E-state index contributed by atoms with van der Waals surface area (Å²) >= 11 is 1.43. The van der Waals surface area contributed by atoms with Crippen LogP contribution in [-0.2, 0) is 0 Å². The molecule has 0 aliphatic carbocycles. The zero-order valence-corrected chi connectivity index (χ0v) is 11.7. The number of hydrogen-bond donors (Lipinski definition) is 1. The highest BCUT2D eigenvalue weighted by Crippen LogP contribution is 2.25. The fraction of sp³-hybridized carbons (Fsp3) is 0.143. The fourth-order valence-corrected chi connectivity index (χ4v) is 2.76. The standard InChI is InChI=1S/C14H13N3O2S/c1-2-19-12-6-4-3-5-10(12)16-13(18)11-9-20-14-15-7-8-17(11)14/h3-9H,2H2,1H3,(H,16,18). The van der Waals surface area contributed by atoms with Crippen LogP contribution in [0.15, 0.2) is 42.0 Å². The van der Waals surface area contributed by atoms with E-state index in [0.717, 1.165) is 4.96 Å². The van der Waals surface area contributed by atoms with Gasteiger partial charge >= 0.3 is 0 Å². The average Bonchev–Trinajstić information content (AvgIpc) is 3.03. The second kappa shape index (κ2) is 5.34. The van der Waals surface area contributed by atoms with Crippen molar-refractivity contribution < 1.29 is 9.53 Å². The Balaban J connectivity index is 1.88. The molecule has 0 aliphatic rings. The van der Waals surface area contributed by atoms with Crippen molar-refractivity contribution in [3.63, 3.8) is 0 Å². The molecule has 2 aromatic heterocycles. The van der Waals surface area contributed by atoms with Gasteiger partial charge in [0.05, 0.1) is 12.3 Å². The van der Waals surface area contributed by atoms with Gasteiger partial charge in [-0.05, 0) is 19.1 Å².